The van der Waals surface area contributed by atoms with Crippen molar-refractivity contribution in [2.24, 2.45) is 5.92 Å². The SMILES string of the molecule is COc1ccc(Cn2c(=O)sn(CCCC3CCN(Cc4ccccc4)CC3)c2=O)cc1. The summed E-state index contributed by atoms with van der Waals surface area (Å²) in [5.41, 5.74) is 2.09. The van der Waals surface area contributed by atoms with Gasteiger partial charge >= 0.3 is 10.6 Å². The summed E-state index contributed by atoms with van der Waals surface area (Å²) in [6.07, 6.45) is 4.45. The number of ether oxygens (including phenoxy) is 1. The van der Waals surface area contributed by atoms with Crippen LogP contribution in [-0.2, 0) is 19.6 Å². The number of methoxy groups -OCH3 is 1. The van der Waals surface area contributed by atoms with Gasteiger partial charge in [-0.1, -0.05) is 42.5 Å². The van der Waals surface area contributed by atoms with Crippen LogP contribution in [-0.4, -0.2) is 33.6 Å². The molecular formula is C25H31N3O3S. The average molecular weight is 454 g/mol. The molecule has 0 radical (unpaired) electrons. The second-order valence-electron chi connectivity index (χ2n) is 8.52. The first-order valence-electron chi connectivity index (χ1n) is 11.3. The third-order valence-electron chi connectivity index (χ3n) is 6.28. The first kappa shape index (κ1) is 22.6. The minimum absolute atomic E-state index is 0.194. The summed E-state index contributed by atoms with van der Waals surface area (Å²) in [7, 11) is 1.62. The van der Waals surface area contributed by atoms with Gasteiger partial charge in [0.2, 0.25) is 0 Å². The summed E-state index contributed by atoms with van der Waals surface area (Å²) < 4.78 is 8.11. The van der Waals surface area contributed by atoms with Gasteiger partial charge in [-0.3, -0.25) is 9.69 Å². The quantitative estimate of drug-likeness (QED) is 0.494. The summed E-state index contributed by atoms with van der Waals surface area (Å²) in [4.78, 5) is 27.4. The first-order valence-corrected chi connectivity index (χ1v) is 12.1. The van der Waals surface area contributed by atoms with Crippen molar-refractivity contribution in [1.29, 1.82) is 0 Å². The molecule has 0 bridgehead atoms. The molecular weight excluding hydrogens is 422 g/mol. The molecule has 6 nitrogen and oxygen atoms in total. The maximum Gasteiger partial charge on any atom is 0.341 e. The van der Waals surface area contributed by atoms with E-state index in [0.29, 0.717) is 19.0 Å². The number of rotatable bonds is 9. The van der Waals surface area contributed by atoms with Crippen molar-refractivity contribution in [1.82, 2.24) is 13.4 Å². The molecule has 0 aliphatic carbocycles. The van der Waals surface area contributed by atoms with Crippen LogP contribution in [0.25, 0.3) is 0 Å². The summed E-state index contributed by atoms with van der Waals surface area (Å²) in [5, 5.41) is 0. The lowest BCUT2D eigenvalue weighted by molar-refractivity contribution is 0.170. The van der Waals surface area contributed by atoms with Gasteiger partial charge in [0, 0.05) is 24.6 Å². The molecule has 0 unspecified atom stereocenters. The number of hydrogen-bond donors (Lipinski definition) is 0. The molecule has 1 aromatic heterocycles. The molecule has 170 valence electrons. The van der Waals surface area contributed by atoms with Gasteiger partial charge in [0.05, 0.1) is 13.7 Å². The van der Waals surface area contributed by atoms with Crippen LogP contribution in [0.1, 0.15) is 36.8 Å². The lowest BCUT2D eigenvalue weighted by Gasteiger charge is -2.32. The number of nitrogens with zero attached hydrogens (tertiary/aromatic N) is 3. The fourth-order valence-electron chi connectivity index (χ4n) is 4.38. The summed E-state index contributed by atoms with van der Waals surface area (Å²) >= 11 is 1.03. The molecule has 1 aliphatic rings. The number of aromatic nitrogens is 2. The fourth-order valence-corrected chi connectivity index (χ4v) is 5.21. The second kappa shape index (κ2) is 10.8. The van der Waals surface area contributed by atoms with Gasteiger partial charge in [-0.2, -0.15) is 0 Å². The highest BCUT2D eigenvalue weighted by Gasteiger charge is 2.19. The van der Waals surface area contributed by atoms with Crippen molar-refractivity contribution in [3.05, 3.63) is 85.9 Å². The summed E-state index contributed by atoms with van der Waals surface area (Å²) in [6, 6.07) is 18.1. The van der Waals surface area contributed by atoms with Crippen LogP contribution in [0.5, 0.6) is 5.75 Å². The van der Waals surface area contributed by atoms with Crippen molar-refractivity contribution in [2.45, 2.75) is 45.3 Å². The average Bonchev–Trinajstić information content (AvgIpc) is 3.09. The number of likely N-dealkylation sites (tertiary alicyclic amines) is 1. The molecule has 2 aromatic carbocycles. The Kier molecular flexibility index (Phi) is 7.60. The van der Waals surface area contributed by atoms with Crippen molar-refractivity contribution in [3.63, 3.8) is 0 Å². The van der Waals surface area contributed by atoms with Gasteiger partial charge in [-0.25, -0.2) is 13.3 Å². The van der Waals surface area contributed by atoms with Crippen LogP contribution in [0, 0.1) is 5.92 Å². The van der Waals surface area contributed by atoms with Crippen LogP contribution in [0.2, 0.25) is 0 Å². The standard InChI is InChI=1S/C25H31N3O3S/c1-31-23-11-9-22(10-12-23)19-27-24(29)28(32-25(27)30)15-5-8-20-13-16-26(17-14-20)18-21-6-3-2-4-7-21/h2-4,6-7,9-12,20H,5,8,13-19H2,1H3. The van der Waals surface area contributed by atoms with Crippen molar-refractivity contribution in [2.75, 3.05) is 20.2 Å². The third kappa shape index (κ3) is 5.78. The van der Waals surface area contributed by atoms with Gasteiger partial charge in [0.25, 0.3) is 0 Å². The topological polar surface area (TPSA) is 56.5 Å². The molecule has 3 aromatic rings. The lowest BCUT2D eigenvalue weighted by atomic mass is 9.92. The Hall–Kier alpha value is -2.64. The molecule has 0 amide bonds. The van der Waals surface area contributed by atoms with E-state index in [0.717, 1.165) is 55.3 Å². The zero-order chi connectivity index (χ0) is 22.3. The highest BCUT2D eigenvalue weighted by Crippen LogP contribution is 2.23. The Balaban J connectivity index is 1.24. The summed E-state index contributed by atoms with van der Waals surface area (Å²) in [6.45, 7) is 4.21. The van der Waals surface area contributed by atoms with E-state index >= 15 is 0 Å². The van der Waals surface area contributed by atoms with Crippen molar-refractivity contribution >= 4 is 11.5 Å². The number of piperidine rings is 1. The number of benzene rings is 2. The minimum atomic E-state index is -0.200. The normalized spacial score (nSPS) is 15.2. The molecule has 1 aliphatic heterocycles. The number of aryl methyl sites for hydroxylation is 1. The molecule has 1 saturated heterocycles. The maximum absolute atomic E-state index is 12.7. The zero-order valence-corrected chi connectivity index (χ0v) is 19.4. The van der Waals surface area contributed by atoms with Gasteiger partial charge in [-0.05, 0) is 68.0 Å². The first-order chi connectivity index (χ1) is 15.6. The van der Waals surface area contributed by atoms with E-state index in [2.05, 4.69) is 35.2 Å². The van der Waals surface area contributed by atoms with Gasteiger partial charge in [-0.15, -0.1) is 0 Å². The minimum Gasteiger partial charge on any atom is -0.497 e. The molecule has 1 fully saturated rings. The van der Waals surface area contributed by atoms with Crippen LogP contribution >= 0.6 is 11.5 Å². The third-order valence-corrected chi connectivity index (χ3v) is 7.22. The van der Waals surface area contributed by atoms with Crippen molar-refractivity contribution < 1.29 is 4.74 Å². The molecule has 0 atom stereocenters. The molecule has 0 spiro atoms. The predicted molar refractivity (Wildman–Crippen MR) is 129 cm³/mol. The predicted octanol–water partition coefficient (Wildman–Crippen LogP) is 3.82. The van der Waals surface area contributed by atoms with E-state index in [-0.39, 0.29) is 10.6 Å². The summed E-state index contributed by atoms with van der Waals surface area (Å²) in [5.74, 6) is 1.46. The van der Waals surface area contributed by atoms with Crippen LogP contribution < -0.4 is 15.3 Å². The monoisotopic (exact) mass is 453 g/mol. The zero-order valence-electron chi connectivity index (χ0n) is 18.6. The number of hydrogen-bond acceptors (Lipinski definition) is 5. The molecule has 32 heavy (non-hydrogen) atoms. The largest absolute Gasteiger partial charge is 0.497 e. The highest BCUT2D eigenvalue weighted by atomic mass is 32.1. The van der Waals surface area contributed by atoms with Crippen molar-refractivity contribution in [3.8, 4) is 5.75 Å². The van der Waals surface area contributed by atoms with Crippen LogP contribution in [0.3, 0.4) is 0 Å². The van der Waals surface area contributed by atoms with Crippen LogP contribution in [0.15, 0.2) is 64.2 Å². The van der Waals surface area contributed by atoms with E-state index in [9.17, 15) is 9.59 Å². The Morgan fingerprint density at radius 1 is 0.938 bits per heavy atom. The molecule has 0 saturated carbocycles. The van der Waals surface area contributed by atoms with E-state index in [4.69, 9.17) is 4.74 Å². The van der Waals surface area contributed by atoms with E-state index < -0.39 is 0 Å². The van der Waals surface area contributed by atoms with E-state index in [1.165, 1.54) is 23.0 Å². The Morgan fingerprint density at radius 2 is 1.62 bits per heavy atom. The fraction of sp³-hybridized carbons (Fsp3) is 0.440. The maximum atomic E-state index is 12.7. The molecule has 7 heteroatoms. The molecule has 0 N–H and O–H groups in total. The molecule has 4 rings (SSSR count). The Labute approximate surface area is 192 Å². The lowest BCUT2D eigenvalue weighted by Crippen LogP contribution is -2.33. The van der Waals surface area contributed by atoms with Crippen LogP contribution in [0.4, 0.5) is 0 Å². The van der Waals surface area contributed by atoms with Gasteiger partial charge in [0.1, 0.15) is 5.75 Å². The molecule has 2 heterocycles. The van der Waals surface area contributed by atoms with E-state index in [1.807, 2.05) is 24.3 Å². The van der Waals surface area contributed by atoms with Gasteiger partial charge < -0.3 is 4.74 Å². The Morgan fingerprint density at radius 3 is 2.31 bits per heavy atom. The van der Waals surface area contributed by atoms with Gasteiger partial charge in [0.15, 0.2) is 0 Å². The van der Waals surface area contributed by atoms with E-state index in [1.54, 1.807) is 11.1 Å². The second-order valence-corrected chi connectivity index (χ2v) is 9.50. The Bertz CT molecular complexity index is 1090. The smallest absolute Gasteiger partial charge is 0.341 e. The highest BCUT2D eigenvalue weighted by molar-refractivity contribution is 7.03.